The molecule has 0 aromatic rings. The van der Waals surface area contributed by atoms with Crippen molar-refractivity contribution >= 4 is 5.97 Å². The Morgan fingerprint density at radius 1 is 1.47 bits per heavy atom. The summed E-state index contributed by atoms with van der Waals surface area (Å²) in [5.74, 6) is 0.277. The number of nitrogens with zero attached hydrogens (tertiary/aromatic N) is 1. The summed E-state index contributed by atoms with van der Waals surface area (Å²) in [5, 5.41) is 9.49. The van der Waals surface area contributed by atoms with E-state index in [9.17, 15) is 9.90 Å². The Balaban J connectivity index is 2.02. The quantitative estimate of drug-likeness (QED) is 0.775. The third kappa shape index (κ3) is 2.49. The fourth-order valence-electron chi connectivity index (χ4n) is 3.52. The molecule has 3 nitrogen and oxygen atoms in total. The summed E-state index contributed by atoms with van der Waals surface area (Å²) >= 11 is 0. The lowest BCUT2D eigenvalue weighted by Crippen LogP contribution is -2.39. The lowest BCUT2D eigenvalue weighted by molar-refractivity contribution is -0.148. The Morgan fingerprint density at radius 3 is 2.65 bits per heavy atom. The molecule has 17 heavy (non-hydrogen) atoms. The van der Waals surface area contributed by atoms with Crippen molar-refractivity contribution in [3.05, 3.63) is 0 Å². The molecule has 1 heterocycles. The van der Waals surface area contributed by atoms with Crippen LogP contribution in [0.3, 0.4) is 0 Å². The van der Waals surface area contributed by atoms with Gasteiger partial charge in [0.1, 0.15) is 0 Å². The highest BCUT2D eigenvalue weighted by Gasteiger charge is 2.47. The molecule has 1 N–H and O–H groups in total. The smallest absolute Gasteiger partial charge is 0.310 e. The minimum atomic E-state index is -0.576. The van der Waals surface area contributed by atoms with Crippen LogP contribution in [0, 0.1) is 11.3 Å². The first-order chi connectivity index (χ1) is 8.13. The van der Waals surface area contributed by atoms with E-state index in [0.717, 1.165) is 38.3 Å². The Hall–Kier alpha value is -0.570. The highest BCUT2D eigenvalue weighted by molar-refractivity contribution is 5.75. The second kappa shape index (κ2) is 4.97. The summed E-state index contributed by atoms with van der Waals surface area (Å²) < 4.78 is 0. The average Bonchev–Trinajstić information content (AvgIpc) is 3.02. The molecule has 0 bridgehead atoms. The van der Waals surface area contributed by atoms with Crippen LogP contribution in [0.15, 0.2) is 0 Å². The minimum Gasteiger partial charge on any atom is -0.481 e. The van der Waals surface area contributed by atoms with Crippen molar-refractivity contribution in [3.63, 3.8) is 0 Å². The van der Waals surface area contributed by atoms with Crippen molar-refractivity contribution in [1.29, 1.82) is 0 Å². The Morgan fingerprint density at radius 2 is 2.18 bits per heavy atom. The van der Waals surface area contributed by atoms with Crippen molar-refractivity contribution in [2.45, 2.75) is 58.4 Å². The molecule has 2 aliphatic rings. The van der Waals surface area contributed by atoms with Gasteiger partial charge >= 0.3 is 5.97 Å². The van der Waals surface area contributed by atoms with Crippen molar-refractivity contribution in [3.8, 4) is 0 Å². The number of aliphatic carboxylic acids is 1. The van der Waals surface area contributed by atoms with E-state index >= 15 is 0 Å². The Kier molecular flexibility index (Phi) is 3.76. The molecule has 1 saturated heterocycles. The molecular weight excluding hydrogens is 214 g/mol. The van der Waals surface area contributed by atoms with E-state index in [0.29, 0.717) is 6.04 Å². The SMILES string of the molecule is CCCC1(C(=O)O)CCN(C(CC)C2CC2)C1. The third-order valence-corrected chi connectivity index (χ3v) is 4.62. The van der Waals surface area contributed by atoms with Gasteiger partial charge < -0.3 is 5.11 Å². The number of likely N-dealkylation sites (tertiary alicyclic amines) is 1. The number of rotatable bonds is 6. The summed E-state index contributed by atoms with van der Waals surface area (Å²) in [4.78, 5) is 14.0. The molecule has 0 amide bonds. The fourth-order valence-corrected chi connectivity index (χ4v) is 3.52. The molecule has 3 heteroatoms. The highest BCUT2D eigenvalue weighted by Crippen LogP contribution is 2.42. The van der Waals surface area contributed by atoms with Gasteiger partial charge in [0, 0.05) is 12.6 Å². The molecule has 98 valence electrons. The van der Waals surface area contributed by atoms with Crippen molar-refractivity contribution < 1.29 is 9.90 Å². The van der Waals surface area contributed by atoms with Gasteiger partial charge in [-0.3, -0.25) is 9.69 Å². The van der Waals surface area contributed by atoms with Gasteiger partial charge in [0.2, 0.25) is 0 Å². The molecule has 2 fully saturated rings. The largest absolute Gasteiger partial charge is 0.481 e. The van der Waals surface area contributed by atoms with Gasteiger partial charge in [-0.25, -0.2) is 0 Å². The van der Waals surface area contributed by atoms with Crippen LogP contribution in [0.2, 0.25) is 0 Å². The van der Waals surface area contributed by atoms with E-state index in [1.807, 2.05) is 0 Å². The first-order valence-corrected chi connectivity index (χ1v) is 7.10. The monoisotopic (exact) mass is 239 g/mol. The summed E-state index contributed by atoms with van der Waals surface area (Å²) in [7, 11) is 0. The van der Waals surface area contributed by atoms with Crippen molar-refractivity contribution in [2.75, 3.05) is 13.1 Å². The van der Waals surface area contributed by atoms with Gasteiger partial charge in [0.25, 0.3) is 0 Å². The van der Waals surface area contributed by atoms with Crippen molar-refractivity contribution in [1.82, 2.24) is 4.90 Å². The van der Waals surface area contributed by atoms with Gasteiger partial charge in [-0.05, 0) is 44.6 Å². The predicted octanol–water partition coefficient (Wildman–Crippen LogP) is 2.75. The second-order valence-corrected chi connectivity index (χ2v) is 5.87. The van der Waals surface area contributed by atoms with Crippen LogP contribution in [0.4, 0.5) is 0 Å². The summed E-state index contributed by atoms with van der Waals surface area (Å²) in [6, 6.07) is 0.646. The normalized spacial score (nSPS) is 31.6. The van der Waals surface area contributed by atoms with Gasteiger partial charge in [-0.2, -0.15) is 0 Å². The molecule has 1 saturated carbocycles. The van der Waals surface area contributed by atoms with Crippen LogP contribution in [0.1, 0.15) is 52.4 Å². The summed E-state index contributed by atoms with van der Waals surface area (Å²) in [5.41, 5.74) is -0.447. The number of hydrogen-bond acceptors (Lipinski definition) is 2. The Bertz CT molecular complexity index is 288. The molecule has 0 radical (unpaired) electrons. The average molecular weight is 239 g/mol. The summed E-state index contributed by atoms with van der Waals surface area (Å²) in [6.07, 6.45) is 6.53. The maximum Gasteiger partial charge on any atom is 0.310 e. The van der Waals surface area contributed by atoms with E-state index in [1.165, 1.54) is 19.3 Å². The van der Waals surface area contributed by atoms with E-state index in [2.05, 4.69) is 18.7 Å². The molecule has 0 aromatic heterocycles. The minimum absolute atomic E-state index is 0.447. The molecule has 0 spiro atoms. The van der Waals surface area contributed by atoms with Gasteiger partial charge in [-0.15, -0.1) is 0 Å². The van der Waals surface area contributed by atoms with E-state index in [4.69, 9.17) is 0 Å². The Labute approximate surface area is 104 Å². The lowest BCUT2D eigenvalue weighted by atomic mass is 9.82. The standard InChI is InChI=1S/C14H25NO2/c1-3-7-14(13(16)17)8-9-15(10-14)12(4-2)11-5-6-11/h11-12H,3-10H2,1-2H3,(H,16,17). The van der Waals surface area contributed by atoms with Crippen LogP contribution in [-0.4, -0.2) is 35.1 Å². The predicted molar refractivity (Wildman–Crippen MR) is 68.0 cm³/mol. The highest BCUT2D eigenvalue weighted by atomic mass is 16.4. The van der Waals surface area contributed by atoms with Gasteiger partial charge in [0.05, 0.1) is 5.41 Å². The zero-order valence-corrected chi connectivity index (χ0v) is 11.1. The molecule has 1 aliphatic carbocycles. The summed E-state index contributed by atoms with van der Waals surface area (Å²) in [6.45, 7) is 6.10. The van der Waals surface area contributed by atoms with Crippen LogP contribution in [-0.2, 0) is 4.79 Å². The lowest BCUT2D eigenvalue weighted by Gasteiger charge is -2.29. The zero-order chi connectivity index (χ0) is 12.5. The van der Waals surface area contributed by atoms with E-state index in [1.54, 1.807) is 0 Å². The number of carbonyl (C=O) groups is 1. The maximum atomic E-state index is 11.5. The molecule has 0 aromatic carbocycles. The topological polar surface area (TPSA) is 40.5 Å². The third-order valence-electron chi connectivity index (χ3n) is 4.62. The van der Waals surface area contributed by atoms with E-state index in [-0.39, 0.29) is 0 Å². The van der Waals surface area contributed by atoms with Gasteiger partial charge in [-0.1, -0.05) is 20.3 Å². The van der Waals surface area contributed by atoms with Gasteiger partial charge in [0.15, 0.2) is 0 Å². The molecule has 2 atom stereocenters. The first kappa shape index (κ1) is 12.9. The molecule has 2 unspecified atom stereocenters. The van der Waals surface area contributed by atoms with Crippen LogP contribution < -0.4 is 0 Å². The number of carboxylic acid groups (broad SMARTS) is 1. The fraction of sp³-hybridized carbons (Fsp3) is 0.929. The number of hydrogen-bond donors (Lipinski definition) is 1. The van der Waals surface area contributed by atoms with Crippen LogP contribution >= 0.6 is 0 Å². The van der Waals surface area contributed by atoms with Crippen LogP contribution in [0.5, 0.6) is 0 Å². The van der Waals surface area contributed by atoms with E-state index < -0.39 is 11.4 Å². The number of carboxylic acids is 1. The van der Waals surface area contributed by atoms with Crippen molar-refractivity contribution in [2.24, 2.45) is 11.3 Å². The van der Waals surface area contributed by atoms with Crippen LogP contribution in [0.25, 0.3) is 0 Å². The molecule has 1 aliphatic heterocycles. The maximum absolute atomic E-state index is 11.5. The molecule has 2 rings (SSSR count). The second-order valence-electron chi connectivity index (χ2n) is 5.87. The first-order valence-electron chi connectivity index (χ1n) is 7.10. The zero-order valence-electron chi connectivity index (χ0n) is 11.1. The molecular formula is C14H25NO2.